The van der Waals surface area contributed by atoms with Gasteiger partial charge in [0.25, 0.3) is 0 Å². The standard InChI is InChI=1S/C22H17FN2O2/c1-14-5-10-20-19(11-14)24-21(12-15-6-8-17(23)9-7-15)25(20)18-4-2-3-16(13-18)22(26)27/h2-11,13H,12H2,1H3,(H,26,27). The minimum absolute atomic E-state index is 0.217. The maximum atomic E-state index is 13.2. The van der Waals surface area contributed by atoms with E-state index in [1.165, 1.54) is 12.1 Å². The van der Waals surface area contributed by atoms with Crippen molar-refractivity contribution in [3.05, 3.63) is 95.1 Å². The van der Waals surface area contributed by atoms with Crippen LogP contribution in [-0.2, 0) is 6.42 Å². The van der Waals surface area contributed by atoms with Crippen molar-refractivity contribution in [2.45, 2.75) is 13.3 Å². The highest BCUT2D eigenvalue weighted by molar-refractivity contribution is 5.88. The van der Waals surface area contributed by atoms with Crippen molar-refractivity contribution in [1.29, 1.82) is 0 Å². The van der Waals surface area contributed by atoms with E-state index in [0.717, 1.165) is 33.7 Å². The number of benzene rings is 3. The molecule has 3 aromatic carbocycles. The summed E-state index contributed by atoms with van der Waals surface area (Å²) in [5.41, 5.74) is 4.72. The highest BCUT2D eigenvalue weighted by atomic mass is 19.1. The van der Waals surface area contributed by atoms with E-state index in [-0.39, 0.29) is 11.4 Å². The summed E-state index contributed by atoms with van der Waals surface area (Å²) >= 11 is 0. The second-order valence-electron chi connectivity index (χ2n) is 6.51. The number of rotatable bonds is 4. The lowest BCUT2D eigenvalue weighted by molar-refractivity contribution is 0.0697. The highest BCUT2D eigenvalue weighted by Gasteiger charge is 2.15. The molecule has 0 aliphatic carbocycles. The molecule has 0 spiro atoms. The molecule has 1 aromatic heterocycles. The first-order chi connectivity index (χ1) is 13.0. The summed E-state index contributed by atoms with van der Waals surface area (Å²) in [4.78, 5) is 16.1. The van der Waals surface area contributed by atoms with Crippen molar-refractivity contribution in [3.63, 3.8) is 0 Å². The van der Waals surface area contributed by atoms with Crippen LogP contribution in [0.4, 0.5) is 4.39 Å². The van der Waals surface area contributed by atoms with E-state index in [1.807, 2.05) is 35.8 Å². The van der Waals surface area contributed by atoms with Crippen LogP contribution in [0.15, 0.2) is 66.7 Å². The zero-order chi connectivity index (χ0) is 19.0. The van der Waals surface area contributed by atoms with E-state index < -0.39 is 5.97 Å². The van der Waals surface area contributed by atoms with Crippen LogP contribution >= 0.6 is 0 Å². The van der Waals surface area contributed by atoms with Crippen molar-refractivity contribution < 1.29 is 14.3 Å². The summed E-state index contributed by atoms with van der Waals surface area (Å²) in [5, 5.41) is 9.33. The average molecular weight is 360 g/mol. The molecule has 0 saturated carbocycles. The third-order valence-electron chi connectivity index (χ3n) is 4.51. The van der Waals surface area contributed by atoms with Crippen molar-refractivity contribution >= 4 is 17.0 Å². The van der Waals surface area contributed by atoms with Crippen LogP contribution in [0, 0.1) is 12.7 Å². The first-order valence-corrected chi connectivity index (χ1v) is 8.57. The number of nitrogens with zero attached hydrogens (tertiary/aromatic N) is 2. The molecule has 4 nitrogen and oxygen atoms in total. The van der Waals surface area contributed by atoms with Gasteiger partial charge in [0.15, 0.2) is 0 Å². The summed E-state index contributed by atoms with van der Waals surface area (Å²) in [6.45, 7) is 2.00. The van der Waals surface area contributed by atoms with Gasteiger partial charge in [-0.05, 0) is 60.5 Å². The molecule has 0 fully saturated rings. The molecule has 1 heterocycles. The molecule has 5 heteroatoms. The molecule has 4 rings (SSSR count). The Morgan fingerprint density at radius 3 is 2.59 bits per heavy atom. The lowest BCUT2D eigenvalue weighted by Crippen LogP contribution is -2.04. The van der Waals surface area contributed by atoms with Crippen molar-refractivity contribution in [2.24, 2.45) is 0 Å². The maximum absolute atomic E-state index is 13.2. The number of hydrogen-bond acceptors (Lipinski definition) is 2. The minimum atomic E-state index is -0.975. The van der Waals surface area contributed by atoms with Gasteiger partial charge in [-0.2, -0.15) is 0 Å². The second-order valence-corrected chi connectivity index (χ2v) is 6.51. The van der Waals surface area contributed by atoms with Crippen LogP contribution in [0.3, 0.4) is 0 Å². The Balaban J connectivity index is 1.90. The maximum Gasteiger partial charge on any atom is 0.335 e. The van der Waals surface area contributed by atoms with Gasteiger partial charge in [-0.25, -0.2) is 14.2 Å². The van der Waals surface area contributed by atoms with Crippen LogP contribution < -0.4 is 0 Å². The highest BCUT2D eigenvalue weighted by Crippen LogP contribution is 2.25. The monoisotopic (exact) mass is 360 g/mol. The van der Waals surface area contributed by atoms with E-state index in [9.17, 15) is 14.3 Å². The number of carboxylic acid groups (broad SMARTS) is 1. The Labute approximate surface area is 155 Å². The van der Waals surface area contributed by atoms with E-state index in [2.05, 4.69) is 0 Å². The van der Waals surface area contributed by atoms with E-state index in [4.69, 9.17) is 4.98 Å². The third kappa shape index (κ3) is 3.31. The van der Waals surface area contributed by atoms with Gasteiger partial charge in [-0.15, -0.1) is 0 Å². The number of halogens is 1. The van der Waals surface area contributed by atoms with Gasteiger partial charge >= 0.3 is 5.97 Å². The zero-order valence-corrected chi connectivity index (χ0v) is 14.7. The fraction of sp³-hybridized carbons (Fsp3) is 0.0909. The Morgan fingerprint density at radius 1 is 1.07 bits per heavy atom. The van der Waals surface area contributed by atoms with Crippen molar-refractivity contribution in [2.75, 3.05) is 0 Å². The number of hydrogen-bond donors (Lipinski definition) is 1. The predicted octanol–water partition coefficient (Wildman–Crippen LogP) is 4.76. The zero-order valence-electron chi connectivity index (χ0n) is 14.7. The fourth-order valence-electron chi connectivity index (χ4n) is 3.21. The van der Waals surface area contributed by atoms with E-state index >= 15 is 0 Å². The van der Waals surface area contributed by atoms with Crippen molar-refractivity contribution in [3.8, 4) is 5.69 Å². The molecule has 27 heavy (non-hydrogen) atoms. The molecule has 0 radical (unpaired) electrons. The van der Waals surface area contributed by atoms with Crippen LogP contribution in [0.1, 0.15) is 27.3 Å². The number of imidazole rings is 1. The first kappa shape index (κ1) is 17.0. The number of aryl methyl sites for hydroxylation is 1. The summed E-state index contributed by atoms with van der Waals surface area (Å²) < 4.78 is 15.2. The van der Waals surface area contributed by atoms with Gasteiger partial charge in [0.1, 0.15) is 11.6 Å². The molecule has 4 aromatic rings. The summed E-state index contributed by atoms with van der Waals surface area (Å²) in [5.74, 6) is -0.487. The van der Waals surface area contributed by atoms with Gasteiger partial charge in [0.2, 0.25) is 0 Å². The van der Waals surface area contributed by atoms with E-state index in [1.54, 1.807) is 30.3 Å². The van der Waals surface area contributed by atoms with Crippen LogP contribution in [0.5, 0.6) is 0 Å². The molecule has 0 amide bonds. The van der Waals surface area contributed by atoms with Gasteiger partial charge in [-0.3, -0.25) is 4.57 Å². The number of fused-ring (bicyclic) bond motifs is 1. The number of aromatic nitrogens is 2. The quantitative estimate of drug-likeness (QED) is 0.571. The van der Waals surface area contributed by atoms with Crippen LogP contribution in [0.2, 0.25) is 0 Å². The summed E-state index contributed by atoms with van der Waals surface area (Å²) in [6.07, 6.45) is 0.505. The first-order valence-electron chi connectivity index (χ1n) is 8.57. The minimum Gasteiger partial charge on any atom is -0.478 e. The SMILES string of the molecule is Cc1ccc2c(c1)nc(Cc1ccc(F)cc1)n2-c1cccc(C(=O)O)c1. The molecule has 0 saturated heterocycles. The predicted molar refractivity (Wildman–Crippen MR) is 102 cm³/mol. The fourth-order valence-corrected chi connectivity index (χ4v) is 3.21. The van der Waals surface area contributed by atoms with Gasteiger partial charge < -0.3 is 5.11 Å². The summed E-state index contributed by atoms with van der Waals surface area (Å²) in [6, 6.07) is 19.1. The van der Waals surface area contributed by atoms with Crippen LogP contribution in [0.25, 0.3) is 16.7 Å². The smallest absolute Gasteiger partial charge is 0.335 e. The molecule has 0 aliphatic heterocycles. The molecule has 0 unspecified atom stereocenters. The lowest BCUT2D eigenvalue weighted by atomic mass is 10.1. The number of carboxylic acids is 1. The van der Waals surface area contributed by atoms with Crippen molar-refractivity contribution in [1.82, 2.24) is 9.55 Å². The second kappa shape index (κ2) is 6.68. The topological polar surface area (TPSA) is 55.1 Å². The molecule has 0 atom stereocenters. The lowest BCUT2D eigenvalue weighted by Gasteiger charge is -2.10. The normalized spacial score (nSPS) is 11.0. The van der Waals surface area contributed by atoms with Crippen LogP contribution in [-0.4, -0.2) is 20.6 Å². The molecule has 0 aliphatic rings. The Bertz CT molecular complexity index is 1150. The Morgan fingerprint density at radius 2 is 1.85 bits per heavy atom. The molecular formula is C22H17FN2O2. The molecule has 1 N–H and O–H groups in total. The summed E-state index contributed by atoms with van der Waals surface area (Å²) in [7, 11) is 0. The molecule has 134 valence electrons. The Hall–Kier alpha value is -3.47. The molecular weight excluding hydrogens is 343 g/mol. The number of aromatic carboxylic acids is 1. The van der Waals surface area contributed by atoms with E-state index in [0.29, 0.717) is 6.42 Å². The van der Waals surface area contributed by atoms with Gasteiger partial charge in [0, 0.05) is 12.1 Å². The van der Waals surface area contributed by atoms with Gasteiger partial charge in [-0.1, -0.05) is 24.3 Å². The molecule has 0 bridgehead atoms. The third-order valence-corrected chi connectivity index (χ3v) is 4.51. The largest absolute Gasteiger partial charge is 0.478 e. The Kier molecular flexibility index (Phi) is 4.20. The average Bonchev–Trinajstić information content (AvgIpc) is 3.00. The van der Waals surface area contributed by atoms with Gasteiger partial charge in [0.05, 0.1) is 16.6 Å². The number of carbonyl (C=O) groups is 1.